The lowest BCUT2D eigenvalue weighted by molar-refractivity contribution is 0.0423. The maximum Gasteiger partial charge on any atom is 0.253 e. The molecule has 0 spiro atoms. The molecule has 0 atom stereocenters. The molecular formula is C13H17BrN2O2. The van der Waals surface area contributed by atoms with E-state index < -0.39 is 0 Å². The minimum Gasteiger partial charge on any atom is -0.398 e. The zero-order valence-corrected chi connectivity index (χ0v) is 11.9. The second-order valence-corrected chi connectivity index (χ2v) is 5.77. The molecule has 0 aromatic heterocycles. The van der Waals surface area contributed by atoms with Crippen LogP contribution in [0.1, 0.15) is 30.1 Å². The van der Waals surface area contributed by atoms with Crippen LogP contribution in [0.4, 0.5) is 5.69 Å². The van der Waals surface area contributed by atoms with Gasteiger partial charge in [-0.25, -0.2) is 0 Å². The Hall–Kier alpha value is -1.07. The third-order valence-corrected chi connectivity index (χ3v) is 3.76. The van der Waals surface area contributed by atoms with Gasteiger partial charge in [0, 0.05) is 28.9 Å². The Balaban J connectivity index is 2.14. The molecule has 1 aliphatic rings. The van der Waals surface area contributed by atoms with Crippen molar-refractivity contribution in [1.29, 1.82) is 0 Å². The highest BCUT2D eigenvalue weighted by atomic mass is 79.9. The van der Waals surface area contributed by atoms with Gasteiger partial charge in [-0.2, -0.15) is 0 Å². The van der Waals surface area contributed by atoms with Crippen molar-refractivity contribution in [1.82, 2.24) is 5.32 Å². The molecule has 1 amide bonds. The first-order valence-corrected chi connectivity index (χ1v) is 6.75. The van der Waals surface area contributed by atoms with Crippen LogP contribution in [0.3, 0.4) is 0 Å². The summed E-state index contributed by atoms with van der Waals surface area (Å²) in [7, 11) is 0. The van der Waals surface area contributed by atoms with E-state index in [1.165, 1.54) is 0 Å². The van der Waals surface area contributed by atoms with E-state index in [-0.39, 0.29) is 11.4 Å². The van der Waals surface area contributed by atoms with E-state index in [0.29, 0.717) is 24.5 Å². The van der Waals surface area contributed by atoms with Crippen LogP contribution < -0.4 is 11.1 Å². The standard InChI is InChI=1S/C13H17BrN2O2/c1-13(4-6-18-7-5-13)16-12(17)10-8-9(14)2-3-11(10)15/h2-3,8H,4-7,15H2,1H3,(H,16,17). The summed E-state index contributed by atoms with van der Waals surface area (Å²) in [5.41, 5.74) is 6.63. The van der Waals surface area contributed by atoms with Gasteiger partial charge < -0.3 is 15.8 Å². The van der Waals surface area contributed by atoms with Crippen LogP contribution in [-0.2, 0) is 4.74 Å². The average Bonchev–Trinajstić information content (AvgIpc) is 2.32. The second kappa shape index (κ2) is 5.28. The van der Waals surface area contributed by atoms with Gasteiger partial charge in [-0.1, -0.05) is 15.9 Å². The third kappa shape index (κ3) is 3.03. The van der Waals surface area contributed by atoms with Gasteiger partial charge in [0.15, 0.2) is 0 Å². The highest BCUT2D eigenvalue weighted by Crippen LogP contribution is 2.23. The van der Waals surface area contributed by atoms with Crippen molar-refractivity contribution >= 4 is 27.5 Å². The average molecular weight is 313 g/mol. The molecule has 0 aliphatic carbocycles. The molecule has 1 aliphatic heterocycles. The van der Waals surface area contributed by atoms with Crippen LogP contribution in [0.15, 0.2) is 22.7 Å². The summed E-state index contributed by atoms with van der Waals surface area (Å²) in [5, 5.41) is 3.06. The molecule has 4 nitrogen and oxygen atoms in total. The highest BCUT2D eigenvalue weighted by Gasteiger charge is 2.29. The minimum atomic E-state index is -0.204. The molecule has 3 N–H and O–H groups in total. The number of carbonyl (C=O) groups excluding carboxylic acids is 1. The van der Waals surface area contributed by atoms with Crippen LogP contribution in [0.5, 0.6) is 0 Å². The number of nitrogen functional groups attached to an aromatic ring is 1. The van der Waals surface area contributed by atoms with Crippen molar-refractivity contribution in [2.45, 2.75) is 25.3 Å². The lowest BCUT2D eigenvalue weighted by Gasteiger charge is -2.34. The van der Waals surface area contributed by atoms with Gasteiger partial charge in [0.1, 0.15) is 0 Å². The van der Waals surface area contributed by atoms with Gasteiger partial charge in [-0.15, -0.1) is 0 Å². The molecule has 1 aromatic rings. The lowest BCUT2D eigenvalue weighted by Crippen LogP contribution is -2.49. The number of ether oxygens (including phenoxy) is 1. The van der Waals surface area contributed by atoms with Crippen LogP contribution >= 0.6 is 15.9 Å². The predicted molar refractivity (Wildman–Crippen MR) is 74.5 cm³/mol. The molecular weight excluding hydrogens is 296 g/mol. The quantitative estimate of drug-likeness (QED) is 0.824. The maximum atomic E-state index is 12.2. The molecule has 0 unspecified atom stereocenters. The summed E-state index contributed by atoms with van der Waals surface area (Å²) in [6.45, 7) is 3.41. The fourth-order valence-corrected chi connectivity index (χ4v) is 2.37. The number of benzene rings is 1. The molecule has 18 heavy (non-hydrogen) atoms. The summed E-state index contributed by atoms with van der Waals surface area (Å²) < 4.78 is 6.16. The fraction of sp³-hybridized carbons (Fsp3) is 0.462. The van der Waals surface area contributed by atoms with E-state index >= 15 is 0 Å². The summed E-state index contributed by atoms with van der Waals surface area (Å²) in [4.78, 5) is 12.2. The monoisotopic (exact) mass is 312 g/mol. The Morgan fingerprint density at radius 1 is 1.44 bits per heavy atom. The molecule has 5 heteroatoms. The van der Waals surface area contributed by atoms with Crippen molar-refractivity contribution < 1.29 is 9.53 Å². The number of rotatable bonds is 2. The van der Waals surface area contributed by atoms with E-state index in [0.717, 1.165) is 17.3 Å². The van der Waals surface area contributed by atoms with E-state index in [4.69, 9.17) is 10.5 Å². The molecule has 1 saturated heterocycles. The van der Waals surface area contributed by atoms with Gasteiger partial charge in [-0.05, 0) is 38.0 Å². The number of carbonyl (C=O) groups is 1. The topological polar surface area (TPSA) is 64.4 Å². The predicted octanol–water partition coefficient (Wildman–Crippen LogP) is 2.33. The van der Waals surface area contributed by atoms with Crippen molar-refractivity contribution in [2.24, 2.45) is 0 Å². The van der Waals surface area contributed by atoms with Crippen LogP contribution in [0, 0.1) is 0 Å². The van der Waals surface area contributed by atoms with Gasteiger partial charge in [0.2, 0.25) is 0 Å². The number of anilines is 1. The Morgan fingerprint density at radius 3 is 2.78 bits per heavy atom. The Morgan fingerprint density at radius 2 is 2.11 bits per heavy atom. The fourth-order valence-electron chi connectivity index (χ4n) is 2.01. The van der Waals surface area contributed by atoms with Crippen molar-refractivity contribution in [3.8, 4) is 0 Å². The molecule has 1 aromatic carbocycles. The Bertz CT molecular complexity index is 456. The number of hydrogen-bond donors (Lipinski definition) is 2. The minimum absolute atomic E-state index is 0.127. The van der Waals surface area contributed by atoms with Crippen LogP contribution in [0.2, 0.25) is 0 Å². The number of amides is 1. The molecule has 1 fully saturated rings. The Kier molecular flexibility index (Phi) is 3.92. The first kappa shape index (κ1) is 13.4. The summed E-state index contributed by atoms with van der Waals surface area (Å²) >= 11 is 3.35. The number of nitrogens with two attached hydrogens (primary N) is 1. The molecule has 1 heterocycles. The molecule has 2 rings (SSSR count). The Labute approximate surface area is 115 Å². The third-order valence-electron chi connectivity index (χ3n) is 3.27. The molecule has 98 valence electrons. The number of nitrogens with one attached hydrogen (secondary N) is 1. The number of hydrogen-bond acceptors (Lipinski definition) is 3. The van der Waals surface area contributed by atoms with Gasteiger partial charge in [0.25, 0.3) is 5.91 Å². The van der Waals surface area contributed by atoms with Crippen molar-refractivity contribution in [3.63, 3.8) is 0 Å². The summed E-state index contributed by atoms with van der Waals surface area (Å²) in [5.74, 6) is -0.127. The largest absolute Gasteiger partial charge is 0.398 e. The van der Waals surface area contributed by atoms with E-state index in [2.05, 4.69) is 21.2 Å². The summed E-state index contributed by atoms with van der Waals surface area (Å²) in [6, 6.07) is 5.29. The van der Waals surface area contributed by atoms with Crippen LogP contribution in [-0.4, -0.2) is 24.7 Å². The summed E-state index contributed by atoms with van der Waals surface area (Å²) in [6.07, 6.45) is 1.65. The highest BCUT2D eigenvalue weighted by molar-refractivity contribution is 9.10. The van der Waals surface area contributed by atoms with E-state index in [1.807, 2.05) is 13.0 Å². The zero-order valence-electron chi connectivity index (χ0n) is 10.3. The second-order valence-electron chi connectivity index (χ2n) is 4.86. The first-order chi connectivity index (χ1) is 8.50. The zero-order chi connectivity index (χ0) is 13.2. The van der Waals surface area contributed by atoms with E-state index in [1.54, 1.807) is 12.1 Å². The smallest absolute Gasteiger partial charge is 0.253 e. The normalized spacial score (nSPS) is 18.3. The SMILES string of the molecule is CC1(NC(=O)c2cc(Br)ccc2N)CCOCC1. The lowest BCUT2D eigenvalue weighted by atomic mass is 9.92. The van der Waals surface area contributed by atoms with Crippen LogP contribution in [0.25, 0.3) is 0 Å². The molecule has 0 bridgehead atoms. The van der Waals surface area contributed by atoms with E-state index in [9.17, 15) is 4.79 Å². The van der Waals surface area contributed by atoms with Gasteiger partial charge in [0.05, 0.1) is 5.56 Å². The number of halogens is 1. The first-order valence-electron chi connectivity index (χ1n) is 5.95. The molecule has 0 saturated carbocycles. The van der Waals surface area contributed by atoms with Crippen molar-refractivity contribution in [3.05, 3.63) is 28.2 Å². The molecule has 0 radical (unpaired) electrons. The van der Waals surface area contributed by atoms with Crippen molar-refractivity contribution in [2.75, 3.05) is 18.9 Å². The maximum absolute atomic E-state index is 12.2. The van der Waals surface area contributed by atoms with Gasteiger partial charge >= 0.3 is 0 Å². The van der Waals surface area contributed by atoms with Gasteiger partial charge in [-0.3, -0.25) is 4.79 Å².